The zero-order chi connectivity index (χ0) is 16.9. The Morgan fingerprint density at radius 1 is 1.25 bits per heavy atom. The zero-order valence-electron chi connectivity index (χ0n) is 14.0. The first-order valence-corrected chi connectivity index (χ1v) is 8.59. The summed E-state index contributed by atoms with van der Waals surface area (Å²) in [6.45, 7) is 3.39. The number of carbonyl (C=O) groups excluding carboxylic acids is 1. The molecule has 1 saturated heterocycles. The molecule has 1 saturated carbocycles. The second-order valence-electron chi connectivity index (χ2n) is 6.74. The standard InChI is InChI=1S/C18H25N3O3/c1-12-2-4-14(5-3-12)20-8-13-6-17(21-11-22)18(7-16(13)19)24-15-9-23-10-15/h6-8,11-12,14-15,19-20H,2-5,9-10H2,1H3,(H,21,22)/b13-8-,19-16?. The number of carbonyl (C=O) groups is 1. The van der Waals surface area contributed by atoms with Crippen LogP contribution in [0.2, 0.25) is 0 Å². The Morgan fingerprint density at radius 3 is 2.62 bits per heavy atom. The molecule has 2 fully saturated rings. The van der Waals surface area contributed by atoms with Gasteiger partial charge in [-0.05, 0) is 37.7 Å². The molecule has 0 spiro atoms. The van der Waals surface area contributed by atoms with Crippen molar-refractivity contribution in [2.75, 3.05) is 13.2 Å². The molecule has 0 aromatic carbocycles. The first-order valence-electron chi connectivity index (χ1n) is 8.59. The van der Waals surface area contributed by atoms with E-state index in [1.807, 2.05) is 6.20 Å². The van der Waals surface area contributed by atoms with E-state index >= 15 is 0 Å². The van der Waals surface area contributed by atoms with Crippen LogP contribution in [0.3, 0.4) is 0 Å². The van der Waals surface area contributed by atoms with E-state index in [9.17, 15) is 4.79 Å². The molecule has 130 valence electrons. The summed E-state index contributed by atoms with van der Waals surface area (Å²) in [6, 6.07) is 0.464. The van der Waals surface area contributed by atoms with Crippen molar-refractivity contribution in [1.29, 1.82) is 5.41 Å². The zero-order valence-corrected chi connectivity index (χ0v) is 14.0. The van der Waals surface area contributed by atoms with Crippen molar-refractivity contribution >= 4 is 12.1 Å². The minimum Gasteiger partial charge on any atom is -0.483 e. The minimum atomic E-state index is -0.00575. The molecule has 1 heterocycles. The molecule has 0 aromatic heterocycles. The summed E-state index contributed by atoms with van der Waals surface area (Å²) < 4.78 is 10.9. The maximum Gasteiger partial charge on any atom is 0.211 e. The average molecular weight is 331 g/mol. The highest BCUT2D eigenvalue weighted by atomic mass is 16.6. The van der Waals surface area contributed by atoms with Gasteiger partial charge in [-0.3, -0.25) is 4.79 Å². The molecule has 0 atom stereocenters. The minimum absolute atomic E-state index is 0.00575. The lowest BCUT2D eigenvalue weighted by molar-refractivity contribution is -0.111. The Labute approximate surface area is 142 Å². The van der Waals surface area contributed by atoms with E-state index in [2.05, 4.69) is 17.6 Å². The van der Waals surface area contributed by atoms with E-state index in [0.29, 0.717) is 42.8 Å². The molecule has 0 bridgehead atoms. The van der Waals surface area contributed by atoms with Gasteiger partial charge in [0, 0.05) is 23.9 Å². The third-order valence-corrected chi connectivity index (χ3v) is 4.76. The molecule has 24 heavy (non-hydrogen) atoms. The van der Waals surface area contributed by atoms with Crippen molar-refractivity contribution in [3.05, 3.63) is 35.4 Å². The van der Waals surface area contributed by atoms with Crippen LogP contribution < -0.4 is 10.6 Å². The number of rotatable bonds is 6. The van der Waals surface area contributed by atoms with E-state index in [4.69, 9.17) is 14.9 Å². The molecule has 0 aromatic rings. The summed E-state index contributed by atoms with van der Waals surface area (Å²) in [6.07, 6.45) is 10.7. The molecule has 3 N–H and O–H groups in total. The van der Waals surface area contributed by atoms with Crippen molar-refractivity contribution in [2.45, 2.75) is 44.8 Å². The van der Waals surface area contributed by atoms with Crippen LogP contribution in [0.5, 0.6) is 0 Å². The van der Waals surface area contributed by atoms with Crippen LogP contribution in [0.1, 0.15) is 32.6 Å². The van der Waals surface area contributed by atoms with Gasteiger partial charge < -0.3 is 25.5 Å². The number of amides is 1. The van der Waals surface area contributed by atoms with Crippen LogP contribution >= 0.6 is 0 Å². The maximum absolute atomic E-state index is 10.9. The quantitative estimate of drug-likeness (QED) is 0.650. The van der Waals surface area contributed by atoms with Crippen LogP contribution in [-0.4, -0.2) is 37.5 Å². The lowest BCUT2D eigenvalue weighted by atomic mass is 9.87. The molecule has 6 heteroatoms. The molecule has 6 nitrogen and oxygen atoms in total. The van der Waals surface area contributed by atoms with Crippen molar-refractivity contribution < 1.29 is 14.3 Å². The molecule has 0 radical (unpaired) electrons. The topological polar surface area (TPSA) is 83.4 Å². The van der Waals surface area contributed by atoms with Crippen molar-refractivity contribution in [3.8, 4) is 0 Å². The Balaban J connectivity index is 1.66. The highest BCUT2D eigenvalue weighted by Gasteiger charge is 2.25. The molecule has 3 aliphatic rings. The van der Waals surface area contributed by atoms with Crippen LogP contribution in [-0.2, 0) is 14.3 Å². The van der Waals surface area contributed by atoms with Crippen LogP contribution in [0.4, 0.5) is 0 Å². The van der Waals surface area contributed by atoms with Crippen molar-refractivity contribution in [3.63, 3.8) is 0 Å². The Kier molecular flexibility index (Phi) is 5.35. The molecule has 1 aliphatic heterocycles. The first-order chi connectivity index (χ1) is 11.7. The molecule has 0 unspecified atom stereocenters. The van der Waals surface area contributed by atoms with Crippen molar-refractivity contribution in [2.24, 2.45) is 5.92 Å². The van der Waals surface area contributed by atoms with Gasteiger partial charge >= 0.3 is 0 Å². The van der Waals surface area contributed by atoms with Gasteiger partial charge in [0.1, 0.15) is 11.9 Å². The van der Waals surface area contributed by atoms with Gasteiger partial charge in [-0.15, -0.1) is 0 Å². The largest absolute Gasteiger partial charge is 0.483 e. The summed E-state index contributed by atoms with van der Waals surface area (Å²) >= 11 is 0. The summed E-state index contributed by atoms with van der Waals surface area (Å²) in [5, 5.41) is 14.3. The number of hydrogen-bond acceptors (Lipinski definition) is 5. The Hall–Kier alpha value is -2.08. The summed E-state index contributed by atoms with van der Waals surface area (Å²) in [7, 11) is 0. The number of ether oxygens (including phenoxy) is 2. The number of nitrogens with one attached hydrogen (secondary N) is 3. The van der Waals surface area contributed by atoms with Gasteiger partial charge in [0.05, 0.1) is 24.6 Å². The fraction of sp³-hybridized carbons (Fsp3) is 0.556. The Bertz CT molecular complexity index is 582. The van der Waals surface area contributed by atoms with E-state index in [1.165, 1.54) is 12.8 Å². The second kappa shape index (κ2) is 7.66. The predicted octanol–water partition coefficient (Wildman–Crippen LogP) is 2.00. The first kappa shape index (κ1) is 16.8. The fourth-order valence-electron chi connectivity index (χ4n) is 3.09. The van der Waals surface area contributed by atoms with Gasteiger partial charge in [-0.1, -0.05) is 6.92 Å². The van der Waals surface area contributed by atoms with E-state index in [1.54, 1.807) is 12.2 Å². The Morgan fingerprint density at radius 2 is 2.00 bits per heavy atom. The van der Waals surface area contributed by atoms with Crippen LogP contribution in [0.15, 0.2) is 35.4 Å². The van der Waals surface area contributed by atoms with E-state index in [-0.39, 0.29) is 6.10 Å². The average Bonchev–Trinajstić information content (AvgIpc) is 2.53. The van der Waals surface area contributed by atoms with E-state index < -0.39 is 0 Å². The summed E-state index contributed by atoms with van der Waals surface area (Å²) in [4.78, 5) is 10.9. The molecular formula is C18H25N3O3. The highest BCUT2D eigenvalue weighted by Crippen LogP contribution is 2.25. The van der Waals surface area contributed by atoms with E-state index in [0.717, 1.165) is 24.3 Å². The van der Waals surface area contributed by atoms with Gasteiger partial charge in [0.15, 0.2) is 0 Å². The van der Waals surface area contributed by atoms with Crippen LogP contribution in [0, 0.1) is 11.3 Å². The molecule has 1 amide bonds. The molecular weight excluding hydrogens is 306 g/mol. The molecule has 2 aliphatic carbocycles. The SMILES string of the molecule is CC1CCC(N/C=C2/C=C(NC=O)C(OC3COC3)=CC2=N)CC1. The van der Waals surface area contributed by atoms with Gasteiger partial charge in [0.25, 0.3) is 0 Å². The summed E-state index contributed by atoms with van der Waals surface area (Å²) in [5.41, 5.74) is 1.70. The highest BCUT2D eigenvalue weighted by molar-refractivity contribution is 6.10. The third kappa shape index (κ3) is 4.06. The second-order valence-corrected chi connectivity index (χ2v) is 6.74. The van der Waals surface area contributed by atoms with Gasteiger partial charge in [-0.25, -0.2) is 0 Å². The number of allylic oxidation sites excluding steroid dienone is 3. The number of hydrogen-bond donors (Lipinski definition) is 3. The third-order valence-electron chi connectivity index (χ3n) is 4.76. The normalized spacial score (nSPS) is 29.4. The lowest BCUT2D eigenvalue weighted by Gasteiger charge is -2.30. The fourth-order valence-corrected chi connectivity index (χ4v) is 3.09. The van der Waals surface area contributed by atoms with Crippen molar-refractivity contribution in [1.82, 2.24) is 10.6 Å². The van der Waals surface area contributed by atoms with Crippen LogP contribution in [0.25, 0.3) is 0 Å². The van der Waals surface area contributed by atoms with Gasteiger partial charge in [-0.2, -0.15) is 0 Å². The monoisotopic (exact) mass is 331 g/mol. The van der Waals surface area contributed by atoms with Gasteiger partial charge in [0.2, 0.25) is 6.41 Å². The smallest absolute Gasteiger partial charge is 0.211 e. The molecule has 3 rings (SSSR count). The predicted molar refractivity (Wildman–Crippen MR) is 91.4 cm³/mol. The maximum atomic E-state index is 10.9. The summed E-state index contributed by atoms with van der Waals surface area (Å²) in [5.74, 6) is 1.33. The lowest BCUT2D eigenvalue weighted by Crippen LogP contribution is -2.37.